The predicted molar refractivity (Wildman–Crippen MR) is 90.3 cm³/mol. The largest absolute Gasteiger partial charge is 0.347 e. The van der Waals surface area contributed by atoms with Crippen molar-refractivity contribution >= 4 is 38.3 Å². The first-order valence-corrected chi connectivity index (χ1v) is 9.23. The molecule has 1 aromatic carbocycles. The van der Waals surface area contributed by atoms with Gasteiger partial charge in [-0.2, -0.15) is 15.4 Å². The van der Waals surface area contributed by atoms with E-state index in [9.17, 15) is 13.2 Å². The molecule has 2 aromatic heterocycles. The van der Waals surface area contributed by atoms with Gasteiger partial charge in [0.15, 0.2) is 0 Å². The van der Waals surface area contributed by atoms with Gasteiger partial charge in [-0.15, -0.1) is 11.3 Å². The van der Waals surface area contributed by atoms with E-state index in [-0.39, 0.29) is 16.7 Å². The summed E-state index contributed by atoms with van der Waals surface area (Å²) in [5, 5.41) is 13.1. The number of thiophene rings is 1. The number of fused-ring (bicyclic) bond motifs is 1. The molecule has 0 saturated carbocycles. The van der Waals surface area contributed by atoms with Gasteiger partial charge in [0.25, 0.3) is 15.9 Å². The summed E-state index contributed by atoms with van der Waals surface area (Å²) in [7, 11) is -0.479. The first kappa shape index (κ1) is 16.6. The summed E-state index contributed by atoms with van der Waals surface area (Å²) in [6.45, 7) is 0.253. The Hall–Kier alpha value is -2.30. The lowest BCUT2D eigenvalue weighted by atomic mass is 10.2. The second-order valence-corrected chi connectivity index (χ2v) is 8.76. The number of hydrogen-bond donors (Lipinski definition) is 2. The van der Waals surface area contributed by atoms with Crippen molar-refractivity contribution in [3.05, 3.63) is 40.8 Å². The Bertz CT molecular complexity index is 991. The fourth-order valence-electron chi connectivity index (χ4n) is 2.02. The topological polar surface area (TPSA) is 108 Å². The van der Waals surface area contributed by atoms with Gasteiger partial charge in [-0.25, -0.2) is 12.7 Å². The van der Waals surface area contributed by atoms with Crippen molar-refractivity contribution in [3.63, 3.8) is 0 Å². The second-order valence-electron chi connectivity index (χ2n) is 5.22. The van der Waals surface area contributed by atoms with Crippen LogP contribution >= 0.6 is 11.3 Å². The molecule has 2 heterocycles. The molecule has 126 valence electrons. The minimum absolute atomic E-state index is 0.251. The number of carbonyl (C=O) groups excluding carboxylic acids is 1. The quantitative estimate of drug-likeness (QED) is 0.706. The third kappa shape index (κ3) is 3.16. The Morgan fingerprint density at radius 3 is 2.71 bits per heavy atom. The average molecular weight is 365 g/mol. The lowest BCUT2D eigenvalue weighted by Gasteiger charge is -2.08. The van der Waals surface area contributed by atoms with Crippen molar-refractivity contribution in [1.29, 1.82) is 0 Å². The van der Waals surface area contributed by atoms with Crippen LogP contribution in [-0.4, -0.2) is 48.1 Å². The molecular formula is C14H15N5O3S2. The van der Waals surface area contributed by atoms with Crippen LogP contribution in [0.2, 0.25) is 0 Å². The monoisotopic (exact) mass is 365 g/mol. The molecule has 0 unspecified atom stereocenters. The van der Waals surface area contributed by atoms with Crippen molar-refractivity contribution < 1.29 is 13.2 Å². The Morgan fingerprint density at radius 2 is 1.96 bits per heavy atom. The summed E-state index contributed by atoms with van der Waals surface area (Å²) in [4.78, 5) is 13.0. The SMILES string of the molecule is CN(C)S(=O)(=O)c1ccc(CNC(=O)c2ccc3n[nH]nc3c2)s1. The number of aromatic nitrogens is 3. The molecule has 3 aromatic rings. The van der Waals surface area contributed by atoms with Gasteiger partial charge in [-0.05, 0) is 30.3 Å². The first-order valence-electron chi connectivity index (χ1n) is 6.98. The van der Waals surface area contributed by atoms with Crippen LogP contribution in [0.5, 0.6) is 0 Å². The van der Waals surface area contributed by atoms with Gasteiger partial charge < -0.3 is 5.32 Å². The van der Waals surface area contributed by atoms with E-state index in [2.05, 4.69) is 20.7 Å². The van der Waals surface area contributed by atoms with Gasteiger partial charge >= 0.3 is 0 Å². The van der Waals surface area contributed by atoms with Crippen LogP contribution in [0.25, 0.3) is 11.0 Å². The minimum Gasteiger partial charge on any atom is -0.347 e. The van der Waals surface area contributed by atoms with Crippen molar-refractivity contribution in [1.82, 2.24) is 25.0 Å². The van der Waals surface area contributed by atoms with Gasteiger partial charge in [-0.3, -0.25) is 4.79 Å². The Morgan fingerprint density at radius 1 is 1.21 bits per heavy atom. The highest BCUT2D eigenvalue weighted by Crippen LogP contribution is 2.23. The molecular weight excluding hydrogens is 350 g/mol. The molecule has 0 atom stereocenters. The standard InChI is InChI=1S/C14H15N5O3S2/c1-19(2)24(21,22)13-6-4-10(23-13)8-15-14(20)9-3-5-11-12(7-9)17-18-16-11/h3-7H,8H2,1-2H3,(H,15,20)(H,16,17,18). The highest BCUT2D eigenvalue weighted by molar-refractivity contribution is 7.91. The predicted octanol–water partition coefficient (Wildman–Crippen LogP) is 1.20. The molecule has 0 bridgehead atoms. The molecule has 2 N–H and O–H groups in total. The minimum atomic E-state index is -3.44. The van der Waals surface area contributed by atoms with E-state index in [1.54, 1.807) is 30.3 Å². The maximum absolute atomic E-state index is 12.2. The van der Waals surface area contributed by atoms with Crippen molar-refractivity contribution in [2.45, 2.75) is 10.8 Å². The normalized spacial score (nSPS) is 12.0. The van der Waals surface area contributed by atoms with E-state index in [1.165, 1.54) is 14.1 Å². The third-order valence-corrected chi connectivity index (χ3v) is 6.74. The zero-order chi connectivity index (χ0) is 17.3. The highest BCUT2D eigenvalue weighted by atomic mass is 32.2. The molecule has 1 amide bonds. The zero-order valence-corrected chi connectivity index (χ0v) is 14.6. The van der Waals surface area contributed by atoms with Gasteiger partial charge in [0.1, 0.15) is 15.2 Å². The van der Waals surface area contributed by atoms with E-state index in [4.69, 9.17) is 0 Å². The number of rotatable bonds is 5. The number of carbonyl (C=O) groups is 1. The second kappa shape index (κ2) is 6.30. The Labute approximate surface area is 142 Å². The number of sulfonamides is 1. The number of H-pyrrole nitrogens is 1. The van der Waals surface area contributed by atoms with Crippen LogP contribution in [-0.2, 0) is 16.6 Å². The fourth-order valence-corrected chi connectivity index (χ4v) is 4.49. The van der Waals surface area contributed by atoms with Crippen LogP contribution in [0.4, 0.5) is 0 Å². The smallest absolute Gasteiger partial charge is 0.252 e. The molecule has 0 saturated heterocycles. The molecule has 10 heteroatoms. The molecule has 24 heavy (non-hydrogen) atoms. The van der Waals surface area contributed by atoms with E-state index in [1.807, 2.05) is 0 Å². The highest BCUT2D eigenvalue weighted by Gasteiger charge is 2.19. The van der Waals surface area contributed by atoms with Crippen LogP contribution in [0.1, 0.15) is 15.2 Å². The number of amides is 1. The fraction of sp³-hybridized carbons (Fsp3) is 0.214. The van der Waals surface area contributed by atoms with Crippen molar-refractivity contribution in [2.75, 3.05) is 14.1 Å². The van der Waals surface area contributed by atoms with Crippen LogP contribution < -0.4 is 5.32 Å². The molecule has 0 aliphatic carbocycles. The van der Waals surface area contributed by atoms with E-state index in [0.717, 1.165) is 20.5 Å². The summed E-state index contributed by atoms with van der Waals surface area (Å²) in [5.41, 5.74) is 1.76. The number of benzene rings is 1. The van der Waals surface area contributed by atoms with Gasteiger partial charge in [0, 0.05) is 24.5 Å². The Balaban J connectivity index is 1.69. The molecule has 0 spiro atoms. The summed E-state index contributed by atoms with van der Waals surface area (Å²) >= 11 is 1.14. The number of nitrogens with one attached hydrogen (secondary N) is 2. The molecule has 0 fully saturated rings. The van der Waals surface area contributed by atoms with Crippen LogP contribution in [0.15, 0.2) is 34.5 Å². The van der Waals surface area contributed by atoms with E-state index < -0.39 is 10.0 Å². The van der Waals surface area contributed by atoms with Crippen molar-refractivity contribution in [3.8, 4) is 0 Å². The number of nitrogens with zero attached hydrogens (tertiary/aromatic N) is 3. The molecule has 0 radical (unpaired) electrons. The maximum Gasteiger partial charge on any atom is 0.252 e. The maximum atomic E-state index is 12.2. The molecule has 8 nitrogen and oxygen atoms in total. The molecule has 0 aliphatic rings. The summed E-state index contributed by atoms with van der Waals surface area (Å²) < 4.78 is 25.5. The summed E-state index contributed by atoms with van der Waals surface area (Å²) in [5.74, 6) is -0.259. The average Bonchev–Trinajstić information content (AvgIpc) is 3.20. The third-order valence-electron chi connectivity index (χ3n) is 3.37. The van der Waals surface area contributed by atoms with E-state index in [0.29, 0.717) is 16.6 Å². The summed E-state index contributed by atoms with van der Waals surface area (Å²) in [6, 6.07) is 8.26. The Kier molecular flexibility index (Phi) is 4.35. The first-order chi connectivity index (χ1) is 11.4. The zero-order valence-electron chi connectivity index (χ0n) is 13.0. The van der Waals surface area contributed by atoms with E-state index >= 15 is 0 Å². The van der Waals surface area contributed by atoms with Crippen LogP contribution in [0, 0.1) is 0 Å². The molecule has 0 aliphatic heterocycles. The lowest BCUT2D eigenvalue weighted by molar-refractivity contribution is 0.0951. The van der Waals surface area contributed by atoms with Gasteiger partial charge in [0.2, 0.25) is 0 Å². The van der Waals surface area contributed by atoms with Crippen LogP contribution in [0.3, 0.4) is 0 Å². The van der Waals surface area contributed by atoms with Crippen molar-refractivity contribution in [2.24, 2.45) is 0 Å². The number of aromatic amines is 1. The molecule has 3 rings (SSSR count). The van der Waals surface area contributed by atoms with Gasteiger partial charge in [0.05, 0.1) is 6.54 Å². The summed E-state index contributed by atoms with van der Waals surface area (Å²) in [6.07, 6.45) is 0. The lowest BCUT2D eigenvalue weighted by Crippen LogP contribution is -2.22. The van der Waals surface area contributed by atoms with Gasteiger partial charge in [-0.1, -0.05) is 0 Å². The number of hydrogen-bond acceptors (Lipinski definition) is 6.